The lowest BCUT2D eigenvalue weighted by atomic mass is 10.1. The smallest absolute Gasteiger partial charge is 0.285 e. The van der Waals surface area contributed by atoms with Crippen molar-refractivity contribution in [1.29, 1.82) is 0 Å². The van der Waals surface area contributed by atoms with Gasteiger partial charge in [0, 0.05) is 31.7 Å². The number of piperazine rings is 1. The molecule has 0 atom stereocenters. The van der Waals surface area contributed by atoms with Crippen LogP contribution in [-0.2, 0) is 16.6 Å². The van der Waals surface area contributed by atoms with Crippen molar-refractivity contribution in [1.82, 2.24) is 14.8 Å². The Kier molecular flexibility index (Phi) is 3.88. The number of hydrogen-bond acceptors (Lipinski definition) is 6. The third-order valence-corrected chi connectivity index (χ3v) is 6.04. The number of benzene rings is 1. The molecule has 0 amide bonds. The molecule has 4 rings (SSSR count). The standard InChI is InChI=1S/C17H20N4O3S/c1-12-13(2)24-16(18-12)11-20-7-9-21(10-8-20)17-14-5-3-4-6-15(14)25(22,23)19-17/h3-6H,7-11H2,1-2H3. The minimum Gasteiger partial charge on any atom is -0.444 e. The molecule has 25 heavy (non-hydrogen) atoms. The largest absolute Gasteiger partial charge is 0.444 e. The molecule has 0 bridgehead atoms. The van der Waals surface area contributed by atoms with Crippen LogP contribution in [0.25, 0.3) is 0 Å². The molecule has 0 saturated carbocycles. The number of nitrogens with zero attached hydrogens (tertiary/aromatic N) is 4. The van der Waals surface area contributed by atoms with E-state index < -0.39 is 10.0 Å². The Morgan fingerprint density at radius 3 is 2.52 bits per heavy atom. The molecule has 2 aromatic rings. The zero-order valence-electron chi connectivity index (χ0n) is 14.3. The summed E-state index contributed by atoms with van der Waals surface area (Å²) in [6.45, 7) is 7.59. The van der Waals surface area contributed by atoms with Gasteiger partial charge >= 0.3 is 0 Å². The van der Waals surface area contributed by atoms with E-state index in [9.17, 15) is 8.42 Å². The molecule has 0 radical (unpaired) electrons. The normalized spacial score (nSPS) is 19.8. The lowest BCUT2D eigenvalue weighted by Crippen LogP contribution is -2.48. The van der Waals surface area contributed by atoms with E-state index in [1.165, 1.54) is 0 Å². The second-order valence-electron chi connectivity index (χ2n) is 6.40. The number of aromatic nitrogens is 1. The summed E-state index contributed by atoms with van der Waals surface area (Å²) in [5, 5.41) is 0. The van der Waals surface area contributed by atoms with E-state index >= 15 is 0 Å². The third kappa shape index (κ3) is 2.96. The van der Waals surface area contributed by atoms with Crippen LogP contribution in [0.2, 0.25) is 0 Å². The van der Waals surface area contributed by atoms with Gasteiger partial charge in [-0.3, -0.25) is 4.90 Å². The molecule has 1 aromatic carbocycles. The number of amidine groups is 1. The number of sulfonamides is 1. The summed E-state index contributed by atoms with van der Waals surface area (Å²) in [6.07, 6.45) is 0. The van der Waals surface area contributed by atoms with E-state index in [1.54, 1.807) is 12.1 Å². The molecular weight excluding hydrogens is 340 g/mol. The molecule has 7 nitrogen and oxygen atoms in total. The molecule has 0 spiro atoms. The molecule has 1 saturated heterocycles. The van der Waals surface area contributed by atoms with E-state index in [0.29, 0.717) is 22.8 Å². The van der Waals surface area contributed by atoms with Crippen LogP contribution in [0.15, 0.2) is 38.0 Å². The minimum atomic E-state index is -3.56. The summed E-state index contributed by atoms with van der Waals surface area (Å²) in [4.78, 5) is 9.04. The molecule has 0 aliphatic carbocycles. The van der Waals surface area contributed by atoms with E-state index in [4.69, 9.17) is 4.42 Å². The molecule has 1 fully saturated rings. The maximum atomic E-state index is 12.2. The van der Waals surface area contributed by atoms with E-state index in [-0.39, 0.29) is 0 Å². The Morgan fingerprint density at radius 1 is 1.12 bits per heavy atom. The van der Waals surface area contributed by atoms with Gasteiger partial charge in [0.25, 0.3) is 10.0 Å². The highest BCUT2D eigenvalue weighted by atomic mass is 32.2. The van der Waals surface area contributed by atoms with Crippen molar-refractivity contribution >= 4 is 15.9 Å². The Labute approximate surface area is 147 Å². The van der Waals surface area contributed by atoms with Crippen molar-refractivity contribution in [3.8, 4) is 0 Å². The van der Waals surface area contributed by atoms with Gasteiger partial charge in [0.1, 0.15) is 10.7 Å². The van der Waals surface area contributed by atoms with Crippen molar-refractivity contribution in [3.05, 3.63) is 47.2 Å². The Balaban J connectivity index is 1.46. The molecule has 3 heterocycles. The van der Waals surface area contributed by atoms with Gasteiger partial charge < -0.3 is 9.32 Å². The highest BCUT2D eigenvalue weighted by Gasteiger charge is 2.33. The number of rotatable bonds is 2. The SMILES string of the molecule is Cc1nc(CN2CCN(C3=NS(=O)(=O)c4ccccc43)CC2)oc1C. The summed E-state index contributed by atoms with van der Waals surface area (Å²) in [6, 6.07) is 7.01. The van der Waals surface area contributed by atoms with Gasteiger partial charge in [-0.1, -0.05) is 12.1 Å². The van der Waals surface area contributed by atoms with Crippen molar-refractivity contribution in [2.24, 2.45) is 4.40 Å². The summed E-state index contributed by atoms with van der Waals surface area (Å²) < 4.78 is 34.1. The predicted molar refractivity (Wildman–Crippen MR) is 93.0 cm³/mol. The van der Waals surface area contributed by atoms with Crippen molar-refractivity contribution in [3.63, 3.8) is 0 Å². The maximum absolute atomic E-state index is 12.2. The first-order chi connectivity index (χ1) is 11.9. The third-order valence-electron chi connectivity index (χ3n) is 4.72. The van der Waals surface area contributed by atoms with Crippen molar-refractivity contribution in [2.45, 2.75) is 25.3 Å². The zero-order chi connectivity index (χ0) is 17.6. The average Bonchev–Trinajstić information content (AvgIpc) is 3.05. The Bertz CT molecular complexity index is 921. The molecule has 132 valence electrons. The quantitative estimate of drug-likeness (QED) is 0.809. The average molecular weight is 360 g/mol. The number of fused-ring (bicyclic) bond motifs is 1. The maximum Gasteiger partial charge on any atom is 0.285 e. The number of aryl methyl sites for hydroxylation is 2. The van der Waals surface area contributed by atoms with Gasteiger partial charge in [-0.15, -0.1) is 4.40 Å². The first-order valence-electron chi connectivity index (χ1n) is 8.28. The van der Waals surface area contributed by atoms with Gasteiger partial charge in [-0.25, -0.2) is 4.98 Å². The predicted octanol–water partition coefficient (Wildman–Crippen LogP) is 1.56. The van der Waals surface area contributed by atoms with Crippen LogP contribution in [0, 0.1) is 13.8 Å². The molecule has 0 unspecified atom stereocenters. The van der Waals surface area contributed by atoms with Gasteiger partial charge in [0.15, 0.2) is 5.84 Å². The van der Waals surface area contributed by atoms with Crippen molar-refractivity contribution in [2.75, 3.05) is 26.2 Å². The van der Waals surface area contributed by atoms with Crippen LogP contribution in [0.1, 0.15) is 22.9 Å². The molecule has 2 aliphatic rings. The monoisotopic (exact) mass is 360 g/mol. The zero-order valence-corrected chi connectivity index (χ0v) is 15.1. The van der Waals surface area contributed by atoms with E-state index in [2.05, 4.69) is 14.3 Å². The summed E-state index contributed by atoms with van der Waals surface area (Å²) in [7, 11) is -3.56. The first-order valence-corrected chi connectivity index (χ1v) is 9.72. The molecular formula is C17H20N4O3S. The second kappa shape index (κ2) is 5.96. The van der Waals surface area contributed by atoms with E-state index in [1.807, 2.05) is 30.9 Å². The number of oxazole rings is 1. The summed E-state index contributed by atoms with van der Waals surface area (Å²) in [5.74, 6) is 2.16. The van der Waals surface area contributed by atoms with E-state index in [0.717, 1.165) is 43.5 Å². The van der Waals surface area contributed by atoms with Gasteiger partial charge in [-0.05, 0) is 26.0 Å². The molecule has 2 aliphatic heterocycles. The summed E-state index contributed by atoms with van der Waals surface area (Å²) >= 11 is 0. The Hall–Kier alpha value is -2.19. The lowest BCUT2D eigenvalue weighted by molar-refractivity contribution is 0.162. The second-order valence-corrected chi connectivity index (χ2v) is 7.97. The van der Waals surface area contributed by atoms with Gasteiger partial charge in [0.05, 0.1) is 12.2 Å². The fourth-order valence-corrected chi connectivity index (χ4v) is 4.46. The van der Waals surface area contributed by atoms with Crippen LogP contribution < -0.4 is 0 Å². The van der Waals surface area contributed by atoms with Crippen LogP contribution in [0.4, 0.5) is 0 Å². The molecule has 1 aromatic heterocycles. The van der Waals surface area contributed by atoms with Gasteiger partial charge in [-0.2, -0.15) is 8.42 Å². The van der Waals surface area contributed by atoms with Gasteiger partial charge in [0.2, 0.25) is 5.89 Å². The fourth-order valence-electron chi connectivity index (χ4n) is 3.23. The Morgan fingerprint density at radius 2 is 1.84 bits per heavy atom. The number of hydrogen-bond donors (Lipinski definition) is 0. The molecule has 0 N–H and O–H groups in total. The first kappa shape index (κ1) is 16.3. The molecule has 8 heteroatoms. The minimum absolute atomic E-state index is 0.304. The van der Waals surface area contributed by atoms with Crippen LogP contribution in [0.3, 0.4) is 0 Å². The highest BCUT2D eigenvalue weighted by Crippen LogP contribution is 2.28. The highest BCUT2D eigenvalue weighted by molar-refractivity contribution is 7.90. The fraction of sp³-hybridized carbons (Fsp3) is 0.412. The summed E-state index contributed by atoms with van der Waals surface area (Å²) in [5.41, 5.74) is 1.63. The van der Waals surface area contributed by atoms with Crippen LogP contribution in [-0.4, -0.2) is 55.2 Å². The van der Waals surface area contributed by atoms with Crippen molar-refractivity contribution < 1.29 is 12.8 Å². The van der Waals surface area contributed by atoms with Crippen LogP contribution in [0.5, 0.6) is 0 Å². The van der Waals surface area contributed by atoms with Crippen LogP contribution >= 0.6 is 0 Å². The lowest BCUT2D eigenvalue weighted by Gasteiger charge is -2.35. The topological polar surface area (TPSA) is 79.0 Å².